The van der Waals surface area contributed by atoms with Gasteiger partial charge in [0.05, 0.1) is 24.0 Å². The van der Waals surface area contributed by atoms with Crippen LogP contribution in [0.15, 0.2) is 34.2 Å². The van der Waals surface area contributed by atoms with E-state index in [0.29, 0.717) is 37.4 Å². The highest BCUT2D eigenvalue weighted by molar-refractivity contribution is 8.00. The van der Waals surface area contributed by atoms with E-state index in [1.165, 1.54) is 11.8 Å². The largest absolute Gasteiger partial charge is 0.411 e. The highest BCUT2D eigenvalue weighted by Crippen LogP contribution is 2.26. The Labute approximate surface area is 132 Å². The zero-order chi connectivity index (χ0) is 15.4. The Kier molecular flexibility index (Phi) is 4.69. The standard InChI is InChI=1S/C14H16N4O3S/c1-10(13(19)18-5-7-20-8-6-18)22-14-17-16-12(21-14)11-3-2-4-15-9-11/h2-4,9-10H,5-8H2,1H3. The van der Waals surface area contributed by atoms with Gasteiger partial charge in [-0.15, -0.1) is 10.2 Å². The number of pyridine rings is 1. The quantitative estimate of drug-likeness (QED) is 0.789. The molecule has 1 aliphatic rings. The number of amides is 1. The van der Waals surface area contributed by atoms with Gasteiger partial charge in [0.1, 0.15) is 0 Å². The van der Waals surface area contributed by atoms with Gasteiger partial charge in [0.2, 0.25) is 11.8 Å². The van der Waals surface area contributed by atoms with E-state index in [0.717, 1.165) is 5.56 Å². The Morgan fingerprint density at radius 3 is 2.91 bits per heavy atom. The average Bonchev–Trinajstić information content (AvgIpc) is 3.04. The molecule has 1 amide bonds. The molecule has 2 aromatic rings. The second-order valence-corrected chi connectivity index (χ2v) is 6.10. The summed E-state index contributed by atoms with van der Waals surface area (Å²) in [5, 5.41) is 8.08. The predicted octanol–water partition coefficient (Wildman–Crippen LogP) is 1.47. The molecule has 1 atom stereocenters. The Morgan fingerprint density at radius 2 is 2.18 bits per heavy atom. The van der Waals surface area contributed by atoms with Gasteiger partial charge in [0.25, 0.3) is 5.22 Å². The number of ether oxygens (including phenoxy) is 1. The molecule has 8 heteroatoms. The van der Waals surface area contributed by atoms with Gasteiger partial charge in [-0.05, 0) is 19.1 Å². The summed E-state index contributed by atoms with van der Waals surface area (Å²) in [7, 11) is 0. The van der Waals surface area contributed by atoms with Crippen molar-refractivity contribution in [1.29, 1.82) is 0 Å². The molecular formula is C14H16N4O3S. The molecule has 3 heterocycles. The number of nitrogens with zero attached hydrogens (tertiary/aromatic N) is 4. The van der Waals surface area contributed by atoms with Gasteiger partial charge < -0.3 is 14.1 Å². The molecule has 1 saturated heterocycles. The molecule has 0 N–H and O–H groups in total. The van der Waals surface area contributed by atoms with Crippen molar-refractivity contribution in [2.45, 2.75) is 17.4 Å². The molecule has 0 aliphatic carbocycles. The van der Waals surface area contributed by atoms with Gasteiger partial charge in [0, 0.05) is 25.5 Å². The minimum Gasteiger partial charge on any atom is -0.411 e. The van der Waals surface area contributed by atoms with Crippen molar-refractivity contribution in [2.75, 3.05) is 26.3 Å². The van der Waals surface area contributed by atoms with Gasteiger partial charge in [-0.1, -0.05) is 11.8 Å². The van der Waals surface area contributed by atoms with E-state index in [-0.39, 0.29) is 11.2 Å². The van der Waals surface area contributed by atoms with Crippen LogP contribution in [0.25, 0.3) is 11.5 Å². The fourth-order valence-corrected chi connectivity index (χ4v) is 2.87. The lowest BCUT2D eigenvalue weighted by Gasteiger charge is -2.28. The second-order valence-electron chi connectivity index (χ2n) is 4.81. The van der Waals surface area contributed by atoms with Crippen LogP contribution in [0.3, 0.4) is 0 Å². The Bertz CT molecular complexity index is 628. The van der Waals surface area contributed by atoms with Crippen molar-refractivity contribution in [1.82, 2.24) is 20.1 Å². The summed E-state index contributed by atoms with van der Waals surface area (Å²) in [5.74, 6) is 0.469. The third kappa shape index (κ3) is 3.45. The molecule has 0 spiro atoms. The van der Waals surface area contributed by atoms with E-state index < -0.39 is 0 Å². The maximum Gasteiger partial charge on any atom is 0.277 e. The van der Waals surface area contributed by atoms with Gasteiger partial charge in [-0.2, -0.15) is 0 Å². The smallest absolute Gasteiger partial charge is 0.277 e. The predicted molar refractivity (Wildman–Crippen MR) is 80.2 cm³/mol. The Morgan fingerprint density at radius 1 is 1.36 bits per heavy atom. The Hall–Kier alpha value is -1.93. The van der Waals surface area contributed by atoms with Gasteiger partial charge in [-0.25, -0.2) is 0 Å². The summed E-state index contributed by atoms with van der Waals surface area (Å²) < 4.78 is 10.8. The monoisotopic (exact) mass is 320 g/mol. The maximum atomic E-state index is 12.3. The lowest BCUT2D eigenvalue weighted by molar-refractivity contribution is -0.134. The van der Waals surface area contributed by atoms with Crippen molar-refractivity contribution < 1.29 is 13.9 Å². The zero-order valence-corrected chi connectivity index (χ0v) is 13.0. The molecule has 0 saturated carbocycles. The van der Waals surface area contributed by atoms with Crippen LogP contribution in [-0.2, 0) is 9.53 Å². The van der Waals surface area contributed by atoms with Gasteiger partial charge in [-0.3, -0.25) is 9.78 Å². The number of hydrogen-bond donors (Lipinski definition) is 0. The summed E-state index contributed by atoms with van der Waals surface area (Å²) in [6, 6.07) is 3.65. The average molecular weight is 320 g/mol. The van der Waals surface area contributed by atoms with E-state index >= 15 is 0 Å². The summed E-state index contributed by atoms with van der Waals surface area (Å²) >= 11 is 1.27. The van der Waals surface area contributed by atoms with E-state index in [9.17, 15) is 4.79 Å². The molecule has 2 aromatic heterocycles. The SMILES string of the molecule is CC(Sc1nnc(-c2cccnc2)o1)C(=O)N1CCOCC1. The van der Waals surface area contributed by atoms with Crippen LogP contribution in [0.4, 0.5) is 0 Å². The first-order chi connectivity index (χ1) is 10.7. The first-order valence-corrected chi connectivity index (χ1v) is 7.89. The lowest BCUT2D eigenvalue weighted by Crippen LogP contribution is -2.44. The summed E-state index contributed by atoms with van der Waals surface area (Å²) in [6.07, 6.45) is 3.34. The summed E-state index contributed by atoms with van der Waals surface area (Å²) in [4.78, 5) is 18.1. The molecule has 7 nitrogen and oxygen atoms in total. The van der Waals surface area contributed by atoms with Crippen LogP contribution >= 0.6 is 11.8 Å². The van der Waals surface area contributed by atoms with Crippen molar-refractivity contribution in [3.8, 4) is 11.5 Å². The van der Waals surface area contributed by atoms with Gasteiger partial charge >= 0.3 is 0 Å². The molecule has 0 radical (unpaired) electrons. The molecular weight excluding hydrogens is 304 g/mol. The van der Waals surface area contributed by atoms with Crippen LogP contribution in [0.1, 0.15) is 6.92 Å². The molecule has 1 unspecified atom stereocenters. The van der Waals surface area contributed by atoms with Crippen LogP contribution in [0.2, 0.25) is 0 Å². The first kappa shape index (κ1) is 15.0. The maximum absolute atomic E-state index is 12.3. The minimum absolute atomic E-state index is 0.0643. The van der Waals surface area contributed by atoms with Crippen molar-refractivity contribution >= 4 is 17.7 Å². The number of carbonyl (C=O) groups is 1. The van der Waals surface area contributed by atoms with Crippen LogP contribution < -0.4 is 0 Å². The molecule has 3 rings (SSSR count). The molecule has 22 heavy (non-hydrogen) atoms. The second kappa shape index (κ2) is 6.89. The fourth-order valence-electron chi connectivity index (χ4n) is 2.11. The molecule has 0 bridgehead atoms. The summed E-state index contributed by atoms with van der Waals surface area (Å²) in [6.45, 7) is 4.29. The minimum atomic E-state index is -0.278. The number of hydrogen-bond acceptors (Lipinski definition) is 7. The molecule has 116 valence electrons. The highest BCUT2D eigenvalue weighted by Gasteiger charge is 2.25. The van der Waals surface area contributed by atoms with E-state index in [1.807, 2.05) is 13.0 Å². The van der Waals surface area contributed by atoms with E-state index in [1.54, 1.807) is 23.4 Å². The summed E-state index contributed by atoms with van der Waals surface area (Å²) in [5.41, 5.74) is 0.758. The Balaban J connectivity index is 1.63. The number of thioether (sulfide) groups is 1. The number of morpholine rings is 1. The van der Waals surface area contributed by atoms with E-state index in [4.69, 9.17) is 9.15 Å². The van der Waals surface area contributed by atoms with Crippen LogP contribution in [0.5, 0.6) is 0 Å². The van der Waals surface area contributed by atoms with Crippen molar-refractivity contribution in [2.24, 2.45) is 0 Å². The third-order valence-electron chi connectivity index (χ3n) is 3.26. The van der Waals surface area contributed by atoms with E-state index in [2.05, 4.69) is 15.2 Å². The van der Waals surface area contributed by atoms with Gasteiger partial charge in [0.15, 0.2) is 0 Å². The number of carbonyl (C=O) groups excluding carboxylic acids is 1. The van der Waals surface area contributed by atoms with Crippen molar-refractivity contribution in [3.05, 3.63) is 24.5 Å². The molecule has 1 aliphatic heterocycles. The van der Waals surface area contributed by atoms with Crippen LogP contribution in [-0.4, -0.2) is 57.5 Å². The van der Waals surface area contributed by atoms with Crippen molar-refractivity contribution in [3.63, 3.8) is 0 Å². The third-order valence-corrected chi connectivity index (χ3v) is 4.18. The highest BCUT2D eigenvalue weighted by atomic mass is 32.2. The number of rotatable bonds is 4. The first-order valence-electron chi connectivity index (χ1n) is 7.01. The normalized spacial score (nSPS) is 16.5. The molecule has 0 aromatic carbocycles. The number of aromatic nitrogens is 3. The van der Waals surface area contributed by atoms with Crippen LogP contribution in [0, 0.1) is 0 Å². The zero-order valence-electron chi connectivity index (χ0n) is 12.1. The molecule has 1 fully saturated rings. The fraction of sp³-hybridized carbons (Fsp3) is 0.429. The topological polar surface area (TPSA) is 81.3 Å². The lowest BCUT2D eigenvalue weighted by atomic mass is 10.3.